The summed E-state index contributed by atoms with van der Waals surface area (Å²) in [5.41, 5.74) is 0.988. The van der Waals surface area contributed by atoms with Gasteiger partial charge in [0, 0.05) is 42.1 Å². The van der Waals surface area contributed by atoms with E-state index in [4.69, 9.17) is 0 Å². The fourth-order valence-electron chi connectivity index (χ4n) is 2.10. The average molecular weight is 606 g/mol. The summed E-state index contributed by atoms with van der Waals surface area (Å²) in [7, 11) is 0. The van der Waals surface area contributed by atoms with Gasteiger partial charge in [-0.1, -0.05) is 59.8 Å². The van der Waals surface area contributed by atoms with Crippen LogP contribution in [0.4, 0.5) is 0 Å². The van der Waals surface area contributed by atoms with Gasteiger partial charge < -0.3 is 10.6 Å². The molecular formula is C15H30N2W2-2. The molecule has 19 heavy (non-hydrogen) atoms. The molecule has 0 amide bonds. The first-order valence-corrected chi connectivity index (χ1v) is 6.98. The van der Waals surface area contributed by atoms with Crippen LogP contribution >= 0.6 is 0 Å². The van der Waals surface area contributed by atoms with Gasteiger partial charge in [-0.25, -0.2) is 0 Å². The molecule has 0 aromatic heterocycles. The minimum absolute atomic E-state index is 0. The summed E-state index contributed by atoms with van der Waals surface area (Å²) in [5, 5.41) is 8.50. The van der Waals surface area contributed by atoms with E-state index in [0.717, 1.165) is 38.0 Å². The molecule has 114 valence electrons. The van der Waals surface area contributed by atoms with Gasteiger partial charge >= 0.3 is 0 Å². The van der Waals surface area contributed by atoms with Gasteiger partial charge in [-0.2, -0.15) is 0 Å². The number of nitrogens with zero attached hydrogens (tertiary/aromatic N) is 2. The quantitative estimate of drug-likeness (QED) is 0.390. The first-order valence-electron chi connectivity index (χ1n) is 6.98. The van der Waals surface area contributed by atoms with Crippen LogP contribution in [0.25, 0.3) is 10.6 Å². The number of hydrogen-bond acceptors (Lipinski definition) is 0. The largest absolute Gasteiger partial charge is 0.662 e. The van der Waals surface area contributed by atoms with Crippen molar-refractivity contribution in [1.82, 2.24) is 0 Å². The molecule has 2 fully saturated rings. The molecule has 2 aliphatic rings. The molecule has 2 heterocycles. The van der Waals surface area contributed by atoms with Gasteiger partial charge in [0.1, 0.15) is 0 Å². The molecule has 1 atom stereocenters. The van der Waals surface area contributed by atoms with Crippen molar-refractivity contribution in [3.63, 3.8) is 0 Å². The monoisotopic (exact) mass is 606 g/mol. The predicted octanol–water partition coefficient (Wildman–Crippen LogP) is 4.46. The van der Waals surface area contributed by atoms with E-state index in [-0.39, 0.29) is 42.1 Å². The van der Waals surface area contributed by atoms with Crippen molar-refractivity contribution in [1.29, 1.82) is 0 Å². The van der Waals surface area contributed by atoms with Gasteiger partial charge in [-0.05, 0) is 10.8 Å². The molecule has 0 aromatic carbocycles. The van der Waals surface area contributed by atoms with Crippen LogP contribution in [0.15, 0.2) is 0 Å². The molecule has 0 aliphatic carbocycles. The smallest absolute Gasteiger partial charge is 0 e. The Morgan fingerprint density at radius 3 is 1.21 bits per heavy atom. The Balaban J connectivity index is 0. The Hall–Kier alpha value is 1.30. The van der Waals surface area contributed by atoms with E-state index >= 15 is 0 Å². The van der Waals surface area contributed by atoms with Gasteiger partial charge in [0.05, 0.1) is 0 Å². The van der Waals surface area contributed by atoms with Crippen LogP contribution in [0.2, 0.25) is 0 Å². The topological polar surface area (TPSA) is 28.2 Å². The first-order chi connectivity index (χ1) is 7.71. The van der Waals surface area contributed by atoms with E-state index in [1.807, 2.05) is 0 Å². The summed E-state index contributed by atoms with van der Waals surface area (Å²) in [5.74, 6) is 1.71. The Morgan fingerprint density at radius 2 is 1.11 bits per heavy atom. The summed E-state index contributed by atoms with van der Waals surface area (Å²) < 4.78 is 0. The standard InChI is InChI=1S/C8H16N.C7H14N.2W/c1-8(2,3)7-4-5-9-6-7;1-7(2,3)6-4-8-5-6;;/h7H,4-6H2,1-3H3;6H,4-5H2,1-3H3;;/q2*-1;;. The molecule has 0 saturated carbocycles. The van der Waals surface area contributed by atoms with Gasteiger partial charge in [0.25, 0.3) is 0 Å². The van der Waals surface area contributed by atoms with E-state index in [2.05, 4.69) is 52.2 Å². The number of hydrogen-bond donors (Lipinski definition) is 0. The zero-order valence-electron chi connectivity index (χ0n) is 13.4. The molecule has 0 bridgehead atoms. The second-order valence-corrected chi connectivity index (χ2v) is 7.63. The molecule has 2 aliphatic heterocycles. The Labute approximate surface area is 149 Å². The second-order valence-electron chi connectivity index (χ2n) is 7.63. The third-order valence-electron chi connectivity index (χ3n) is 4.13. The van der Waals surface area contributed by atoms with E-state index in [0.29, 0.717) is 10.8 Å². The minimum atomic E-state index is 0. The molecular weight excluding hydrogens is 576 g/mol. The van der Waals surface area contributed by atoms with Crippen molar-refractivity contribution in [2.75, 3.05) is 26.2 Å². The average Bonchev–Trinajstić information content (AvgIpc) is 2.46. The summed E-state index contributed by atoms with van der Waals surface area (Å²) in [4.78, 5) is 0. The van der Waals surface area contributed by atoms with E-state index in [9.17, 15) is 0 Å². The number of rotatable bonds is 0. The summed E-state index contributed by atoms with van der Waals surface area (Å²) >= 11 is 0. The van der Waals surface area contributed by atoms with Gasteiger partial charge in [-0.15, -0.1) is 26.2 Å². The molecule has 0 aromatic rings. The molecule has 0 spiro atoms. The Kier molecular flexibility index (Phi) is 11.1. The summed E-state index contributed by atoms with van der Waals surface area (Å²) in [6, 6.07) is 0. The van der Waals surface area contributed by atoms with Crippen LogP contribution < -0.4 is 0 Å². The predicted molar refractivity (Wildman–Crippen MR) is 76.7 cm³/mol. The fourth-order valence-corrected chi connectivity index (χ4v) is 2.10. The molecule has 2 nitrogen and oxygen atoms in total. The van der Waals surface area contributed by atoms with Crippen molar-refractivity contribution in [3.05, 3.63) is 10.6 Å². The third-order valence-corrected chi connectivity index (χ3v) is 4.13. The zero-order valence-corrected chi connectivity index (χ0v) is 19.3. The van der Waals surface area contributed by atoms with Crippen LogP contribution in [0.3, 0.4) is 0 Å². The molecule has 2 saturated heterocycles. The van der Waals surface area contributed by atoms with Crippen LogP contribution in [0, 0.1) is 22.7 Å². The normalized spacial score (nSPS) is 23.4. The van der Waals surface area contributed by atoms with Crippen molar-refractivity contribution in [2.45, 2.75) is 48.0 Å². The van der Waals surface area contributed by atoms with Crippen molar-refractivity contribution >= 4 is 0 Å². The van der Waals surface area contributed by atoms with Crippen LogP contribution in [0.1, 0.15) is 48.0 Å². The van der Waals surface area contributed by atoms with E-state index in [1.165, 1.54) is 6.42 Å². The van der Waals surface area contributed by atoms with Crippen molar-refractivity contribution in [3.8, 4) is 0 Å². The fraction of sp³-hybridized carbons (Fsp3) is 1.00. The maximum Gasteiger partial charge on any atom is 0 e. The van der Waals surface area contributed by atoms with Crippen LogP contribution in [0.5, 0.6) is 0 Å². The molecule has 2 rings (SSSR count). The first kappa shape index (κ1) is 22.6. The van der Waals surface area contributed by atoms with Gasteiger partial charge in [0.2, 0.25) is 0 Å². The van der Waals surface area contributed by atoms with Gasteiger partial charge in [-0.3, -0.25) is 0 Å². The zero-order chi connectivity index (χ0) is 13.1. The summed E-state index contributed by atoms with van der Waals surface area (Å²) in [6.45, 7) is 18.2. The maximum absolute atomic E-state index is 4.33. The maximum atomic E-state index is 4.33. The molecule has 0 N–H and O–H groups in total. The van der Waals surface area contributed by atoms with Crippen molar-refractivity contribution in [2.24, 2.45) is 22.7 Å². The SMILES string of the molecule is CC(C)(C)C1CC[N-]C1.CC(C)(C)C1C[N-]C1.[W].[W]. The van der Waals surface area contributed by atoms with E-state index in [1.54, 1.807) is 0 Å². The molecule has 4 heteroatoms. The Bertz CT molecular complexity index is 221. The van der Waals surface area contributed by atoms with Crippen LogP contribution in [-0.4, -0.2) is 26.2 Å². The third kappa shape index (κ3) is 8.35. The molecule has 1 unspecified atom stereocenters. The Morgan fingerprint density at radius 1 is 0.684 bits per heavy atom. The second kappa shape index (κ2) is 9.34. The van der Waals surface area contributed by atoms with Crippen molar-refractivity contribution < 1.29 is 42.1 Å². The van der Waals surface area contributed by atoms with Gasteiger partial charge in [0.15, 0.2) is 0 Å². The van der Waals surface area contributed by atoms with E-state index < -0.39 is 0 Å². The van der Waals surface area contributed by atoms with Crippen LogP contribution in [-0.2, 0) is 42.1 Å². The summed E-state index contributed by atoms with van der Waals surface area (Å²) in [6.07, 6.45) is 1.31. The minimum Gasteiger partial charge on any atom is -0.662 e. The molecule has 0 radical (unpaired) electrons.